The molecule has 5 nitrogen and oxygen atoms in total. The predicted molar refractivity (Wildman–Crippen MR) is 72.2 cm³/mol. The molecule has 5 heteroatoms. The highest BCUT2D eigenvalue weighted by Crippen LogP contribution is 2.20. The van der Waals surface area contributed by atoms with Crippen LogP contribution in [0.4, 0.5) is 5.69 Å². The molecule has 0 aliphatic heterocycles. The number of benzene rings is 1. The van der Waals surface area contributed by atoms with Crippen molar-refractivity contribution in [1.29, 1.82) is 0 Å². The average molecular weight is 265 g/mol. The van der Waals surface area contributed by atoms with Gasteiger partial charge >= 0.3 is 5.97 Å². The van der Waals surface area contributed by atoms with E-state index in [1.165, 1.54) is 6.92 Å². The van der Waals surface area contributed by atoms with Crippen LogP contribution in [0.3, 0.4) is 0 Å². The molecule has 0 spiro atoms. The fourth-order valence-corrected chi connectivity index (χ4v) is 1.65. The Morgan fingerprint density at radius 3 is 2.68 bits per heavy atom. The van der Waals surface area contributed by atoms with Crippen molar-refractivity contribution < 1.29 is 19.4 Å². The molecule has 0 aliphatic rings. The van der Waals surface area contributed by atoms with E-state index in [9.17, 15) is 9.59 Å². The average Bonchev–Trinajstić information content (AvgIpc) is 2.38. The molecule has 19 heavy (non-hydrogen) atoms. The standard InChI is InChI=1S/C14H19NO4/c1-4-11-7-5-6-9(2)13(11)15-12(16)8-19-10(3)14(17)18/h5-7,10H,4,8H2,1-3H3,(H,15,16)(H,17,18). The SMILES string of the molecule is CCc1cccc(C)c1NC(=O)COC(C)C(=O)O. The minimum atomic E-state index is -1.09. The van der Waals surface area contributed by atoms with E-state index in [0.29, 0.717) is 0 Å². The van der Waals surface area contributed by atoms with E-state index < -0.39 is 12.1 Å². The first-order chi connectivity index (χ1) is 8.95. The summed E-state index contributed by atoms with van der Waals surface area (Å²) in [6, 6.07) is 5.80. The molecule has 1 aromatic carbocycles. The van der Waals surface area contributed by atoms with E-state index in [1.807, 2.05) is 32.0 Å². The van der Waals surface area contributed by atoms with Crippen LogP contribution in [-0.4, -0.2) is 29.7 Å². The van der Waals surface area contributed by atoms with Gasteiger partial charge in [-0.1, -0.05) is 25.1 Å². The summed E-state index contributed by atoms with van der Waals surface area (Å²) in [5.41, 5.74) is 2.79. The van der Waals surface area contributed by atoms with Crippen LogP contribution in [-0.2, 0) is 20.7 Å². The number of hydrogen-bond acceptors (Lipinski definition) is 3. The van der Waals surface area contributed by atoms with Crippen LogP contribution in [0.15, 0.2) is 18.2 Å². The first-order valence-corrected chi connectivity index (χ1v) is 6.18. The van der Waals surface area contributed by atoms with Crippen LogP contribution in [0, 0.1) is 6.92 Å². The van der Waals surface area contributed by atoms with E-state index in [-0.39, 0.29) is 12.5 Å². The number of anilines is 1. The molecular formula is C14H19NO4. The molecular weight excluding hydrogens is 246 g/mol. The molecule has 1 amide bonds. The van der Waals surface area contributed by atoms with Crippen molar-refractivity contribution >= 4 is 17.6 Å². The molecule has 0 aliphatic carbocycles. The Balaban J connectivity index is 2.65. The van der Waals surface area contributed by atoms with Crippen molar-refractivity contribution in [2.75, 3.05) is 11.9 Å². The van der Waals surface area contributed by atoms with Crippen molar-refractivity contribution in [3.63, 3.8) is 0 Å². The zero-order valence-corrected chi connectivity index (χ0v) is 11.4. The molecule has 1 rings (SSSR count). The highest BCUT2D eigenvalue weighted by Gasteiger charge is 2.14. The van der Waals surface area contributed by atoms with Gasteiger partial charge in [0.2, 0.25) is 5.91 Å². The largest absolute Gasteiger partial charge is 0.479 e. The number of carboxylic acids is 1. The number of ether oxygens (including phenoxy) is 1. The molecule has 0 saturated carbocycles. The summed E-state index contributed by atoms with van der Waals surface area (Å²) in [6.07, 6.45) is -0.183. The minimum absolute atomic E-state index is 0.273. The Morgan fingerprint density at radius 2 is 2.11 bits per heavy atom. The van der Waals surface area contributed by atoms with Gasteiger partial charge in [0.1, 0.15) is 6.61 Å². The van der Waals surface area contributed by atoms with Crippen LogP contribution in [0.5, 0.6) is 0 Å². The van der Waals surface area contributed by atoms with Gasteiger partial charge in [0.25, 0.3) is 0 Å². The zero-order valence-electron chi connectivity index (χ0n) is 11.4. The van der Waals surface area contributed by atoms with Crippen LogP contribution >= 0.6 is 0 Å². The molecule has 104 valence electrons. The summed E-state index contributed by atoms with van der Waals surface area (Å²) in [5, 5.41) is 11.4. The Labute approximate surface area is 112 Å². The smallest absolute Gasteiger partial charge is 0.332 e. The minimum Gasteiger partial charge on any atom is -0.479 e. The second-order valence-corrected chi connectivity index (χ2v) is 4.30. The molecule has 0 bridgehead atoms. The zero-order chi connectivity index (χ0) is 14.4. The van der Waals surface area contributed by atoms with E-state index in [2.05, 4.69) is 5.32 Å². The number of nitrogens with one attached hydrogen (secondary N) is 1. The Bertz CT molecular complexity index is 471. The van der Waals surface area contributed by atoms with Crippen LogP contribution < -0.4 is 5.32 Å². The molecule has 0 saturated heterocycles. The molecule has 2 N–H and O–H groups in total. The van der Waals surface area contributed by atoms with Gasteiger partial charge < -0.3 is 15.2 Å². The maximum atomic E-state index is 11.7. The predicted octanol–water partition coefficient (Wildman–Crippen LogP) is 1.99. The maximum Gasteiger partial charge on any atom is 0.332 e. The van der Waals surface area contributed by atoms with Crippen molar-refractivity contribution in [3.05, 3.63) is 29.3 Å². The van der Waals surface area contributed by atoms with Gasteiger partial charge in [0.05, 0.1) is 0 Å². The molecule has 1 aromatic rings. The third kappa shape index (κ3) is 4.37. The summed E-state index contributed by atoms with van der Waals surface area (Å²) >= 11 is 0. The lowest BCUT2D eigenvalue weighted by molar-refractivity contribution is -0.150. The highest BCUT2D eigenvalue weighted by molar-refractivity contribution is 5.93. The second-order valence-electron chi connectivity index (χ2n) is 4.30. The monoisotopic (exact) mass is 265 g/mol. The van der Waals surface area contributed by atoms with Gasteiger partial charge in [0.15, 0.2) is 6.10 Å². The summed E-state index contributed by atoms with van der Waals surface area (Å²) in [7, 11) is 0. The number of aryl methyl sites for hydroxylation is 2. The highest BCUT2D eigenvalue weighted by atomic mass is 16.5. The van der Waals surface area contributed by atoms with Crippen LogP contribution in [0.1, 0.15) is 25.0 Å². The summed E-state index contributed by atoms with van der Waals surface area (Å²) < 4.78 is 4.94. The molecule has 0 fully saturated rings. The summed E-state index contributed by atoms with van der Waals surface area (Å²) in [6.45, 7) is 5.04. The quantitative estimate of drug-likeness (QED) is 0.824. The second kappa shape index (κ2) is 6.89. The number of carbonyl (C=O) groups is 2. The first kappa shape index (κ1) is 15.2. The van der Waals surface area contributed by atoms with Crippen molar-refractivity contribution in [2.24, 2.45) is 0 Å². The van der Waals surface area contributed by atoms with Crippen LogP contribution in [0.2, 0.25) is 0 Å². The molecule has 0 radical (unpaired) electrons. The Hall–Kier alpha value is -1.88. The van der Waals surface area contributed by atoms with Gasteiger partial charge in [-0.15, -0.1) is 0 Å². The molecule has 0 heterocycles. The van der Waals surface area contributed by atoms with Gasteiger partial charge in [-0.2, -0.15) is 0 Å². The lowest BCUT2D eigenvalue weighted by Crippen LogP contribution is -2.27. The van der Waals surface area contributed by atoms with Gasteiger partial charge in [-0.25, -0.2) is 4.79 Å². The number of carboxylic acid groups (broad SMARTS) is 1. The lowest BCUT2D eigenvalue weighted by atomic mass is 10.1. The van der Waals surface area contributed by atoms with Crippen molar-refractivity contribution in [1.82, 2.24) is 0 Å². The number of amides is 1. The first-order valence-electron chi connectivity index (χ1n) is 6.18. The van der Waals surface area contributed by atoms with E-state index in [4.69, 9.17) is 9.84 Å². The van der Waals surface area contributed by atoms with Gasteiger partial charge in [-0.05, 0) is 31.4 Å². The van der Waals surface area contributed by atoms with E-state index in [0.717, 1.165) is 23.2 Å². The van der Waals surface area contributed by atoms with Crippen molar-refractivity contribution in [3.8, 4) is 0 Å². The maximum absolute atomic E-state index is 11.7. The van der Waals surface area contributed by atoms with Gasteiger partial charge in [-0.3, -0.25) is 4.79 Å². The number of para-hydroxylation sites is 1. The normalized spacial score (nSPS) is 11.9. The van der Waals surface area contributed by atoms with Crippen molar-refractivity contribution in [2.45, 2.75) is 33.3 Å². The number of hydrogen-bond donors (Lipinski definition) is 2. The summed E-state index contributed by atoms with van der Waals surface area (Å²) in [5.74, 6) is -1.44. The topological polar surface area (TPSA) is 75.6 Å². The van der Waals surface area contributed by atoms with E-state index in [1.54, 1.807) is 0 Å². The van der Waals surface area contributed by atoms with Crippen LogP contribution in [0.25, 0.3) is 0 Å². The Morgan fingerprint density at radius 1 is 1.42 bits per heavy atom. The third-order valence-corrected chi connectivity index (χ3v) is 2.82. The number of rotatable bonds is 6. The number of aliphatic carboxylic acids is 1. The third-order valence-electron chi connectivity index (χ3n) is 2.82. The molecule has 1 unspecified atom stereocenters. The lowest BCUT2D eigenvalue weighted by Gasteiger charge is -2.14. The van der Waals surface area contributed by atoms with E-state index >= 15 is 0 Å². The van der Waals surface area contributed by atoms with Gasteiger partial charge in [0, 0.05) is 5.69 Å². The fourth-order valence-electron chi connectivity index (χ4n) is 1.65. The molecule has 1 atom stereocenters. The number of carbonyl (C=O) groups excluding carboxylic acids is 1. The fraction of sp³-hybridized carbons (Fsp3) is 0.429. The Kier molecular flexibility index (Phi) is 5.51. The molecule has 0 aromatic heterocycles. The summed E-state index contributed by atoms with van der Waals surface area (Å²) in [4.78, 5) is 22.3.